The number of rotatable bonds is 14. The van der Waals surface area contributed by atoms with Gasteiger partial charge in [0.15, 0.2) is 0 Å². The third kappa shape index (κ3) is 10.5. The molecule has 0 saturated carbocycles. The fraction of sp³-hybridized carbons (Fsp3) is 0.895. The largest absolute Gasteiger partial charge is 0.374 e. The number of nitrogens with one attached hydrogen (secondary N) is 2. The van der Waals surface area contributed by atoms with Gasteiger partial charge in [-0.05, 0) is 66.5 Å². The summed E-state index contributed by atoms with van der Waals surface area (Å²) in [7, 11) is -3.72. The van der Waals surface area contributed by atoms with Gasteiger partial charge in [0.25, 0.3) is 5.12 Å². The van der Waals surface area contributed by atoms with Crippen molar-refractivity contribution in [3.8, 4) is 0 Å². The first-order valence-electron chi connectivity index (χ1n) is 9.86. The van der Waals surface area contributed by atoms with E-state index in [1.54, 1.807) is 0 Å². The Kier molecular flexibility index (Phi) is 11.4. The zero-order valence-electron chi connectivity index (χ0n) is 18.3. The van der Waals surface area contributed by atoms with Crippen LogP contribution < -0.4 is 16.4 Å². The van der Waals surface area contributed by atoms with Crippen molar-refractivity contribution in [1.29, 1.82) is 0 Å². The van der Waals surface area contributed by atoms with Gasteiger partial charge in [-0.15, -0.1) is 0 Å². The molecule has 0 aromatic carbocycles. The molecule has 1 atom stereocenters. The number of carbonyl (C=O) groups is 2. The summed E-state index contributed by atoms with van der Waals surface area (Å²) in [4.78, 5) is 24.3. The molecule has 0 radical (unpaired) electrons. The van der Waals surface area contributed by atoms with Crippen molar-refractivity contribution in [3.05, 3.63) is 0 Å². The zero-order valence-corrected chi connectivity index (χ0v) is 19.1. The fourth-order valence-electron chi connectivity index (χ4n) is 2.58. The van der Waals surface area contributed by atoms with E-state index in [9.17, 15) is 18.0 Å². The number of unbranched alkanes of at least 4 members (excludes halogenated alkanes) is 1. The molecular formula is C19H39N3O5S. The molecule has 8 nitrogen and oxygen atoms in total. The summed E-state index contributed by atoms with van der Waals surface area (Å²) >= 11 is 0. The van der Waals surface area contributed by atoms with Gasteiger partial charge in [-0.2, -0.15) is 0 Å². The Morgan fingerprint density at radius 3 is 2.25 bits per heavy atom. The molecule has 0 bridgehead atoms. The van der Waals surface area contributed by atoms with E-state index in [-0.39, 0.29) is 18.1 Å². The second-order valence-corrected chi connectivity index (χ2v) is 10.4. The van der Waals surface area contributed by atoms with Crippen LogP contribution in [0.3, 0.4) is 0 Å². The van der Waals surface area contributed by atoms with Gasteiger partial charge in [-0.25, -0.2) is 8.42 Å². The molecule has 0 aromatic heterocycles. The quantitative estimate of drug-likeness (QED) is 0.357. The molecule has 1 amide bonds. The van der Waals surface area contributed by atoms with Crippen molar-refractivity contribution in [3.63, 3.8) is 0 Å². The minimum Gasteiger partial charge on any atom is -0.374 e. The Morgan fingerprint density at radius 2 is 1.75 bits per heavy atom. The number of nitrogens with two attached hydrogens (primary N) is 1. The SMILES string of the molecule is CCNC(CCCCNC(=O)C(C)(C)COC(C)(C)CCN)C(=O)S(C)(=O)=O. The Labute approximate surface area is 170 Å². The van der Waals surface area contributed by atoms with Crippen LogP contribution in [0.5, 0.6) is 0 Å². The van der Waals surface area contributed by atoms with Gasteiger partial charge in [0.05, 0.1) is 23.7 Å². The van der Waals surface area contributed by atoms with Gasteiger partial charge in [-0.3, -0.25) is 9.59 Å². The summed E-state index contributed by atoms with van der Waals surface area (Å²) in [6.07, 6.45) is 3.33. The first kappa shape index (κ1) is 27.0. The van der Waals surface area contributed by atoms with Crippen LogP contribution in [0.15, 0.2) is 0 Å². The lowest BCUT2D eigenvalue weighted by Gasteiger charge is -2.31. The third-order valence-electron chi connectivity index (χ3n) is 4.49. The Hall–Kier alpha value is -1.03. The number of carbonyl (C=O) groups excluding carboxylic acids is 2. The van der Waals surface area contributed by atoms with E-state index >= 15 is 0 Å². The normalized spacial score (nSPS) is 14.0. The molecule has 28 heavy (non-hydrogen) atoms. The van der Waals surface area contributed by atoms with Crippen molar-refractivity contribution < 1.29 is 22.7 Å². The summed E-state index contributed by atoms with van der Waals surface area (Å²) in [5.74, 6) is -0.105. The zero-order chi connectivity index (χ0) is 22.0. The number of hydrogen-bond donors (Lipinski definition) is 3. The summed E-state index contributed by atoms with van der Waals surface area (Å²) in [5.41, 5.74) is 4.52. The smallest absolute Gasteiger partial charge is 0.262 e. The predicted octanol–water partition coefficient (Wildman–Crippen LogP) is 0.992. The van der Waals surface area contributed by atoms with Crippen molar-refractivity contribution >= 4 is 20.9 Å². The van der Waals surface area contributed by atoms with E-state index in [1.165, 1.54) is 0 Å². The maximum absolute atomic E-state index is 12.4. The number of sulfone groups is 1. The number of hydrogen-bond acceptors (Lipinski definition) is 7. The van der Waals surface area contributed by atoms with Gasteiger partial charge in [0.2, 0.25) is 15.7 Å². The highest BCUT2D eigenvalue weighted by Crippen LogP contribution is 2.22. The van der Waals surface area contributed by atoms with E-state index in [2.05, 4.69) is 10.6 Å². The third-order valence-corrected chi connectivity index (χ3v) is 5.51. The maximum Gasteiger partial charge on any atom is 0.262 e. The molecule has 0 heterocycles. The van der Waals surface area contributed by atoms with Gasteiger partial charge in [0.1, 0.15) is 0 Å². The molecule has 0 saturated heterocycles. The summed E-state index contributed by atoms with van der Waals surface area (Å²) in [6, 6.07) is -0.703. The Bertz CT molecular complexity index is 603. The summed E-state index contributed by atoms with van der Waals surface area (Å²) in [5, 5.41) is 5.02. The second kappa shape index (κ2) is 11.8. The summed E-state index contributed by atoms with van der Waals surface area (Å²) in [6.45, 7) is 11.2. The molecular weight excluding hydrogens is 382 g/mol. The summed E-state index contributed by atoms with van der Waals surface area (Å²) < 4.78 is 28.7. The molecule has 4 N–H and O–H groups in total. The monoisotopic (exact) mass is 421 g/mol. The molecule has 0 aliphatic heterocycles. The fourth-order valence-corrected chi connectivity index (χ4v) is 3.30. The molecule has 9 heteroatoms. The molecule has 0 aliphatic carbocycles. The first-order chi connectivity index (χ1) is 12.8. The van der Waals surface area contributed by atoms with Gasteiger partial charge >= 0.3 is 0 Å². The number of amides is 1. The lowest BCUT2D eigenvalue weighted by Crippen LogP contribution is -2.43. The molecule has 0 rings (SSSR count). The average molecular weight is 422 g/mol. The van der Waals surface area contributed by atoms with E-state index < -0.39 is 26.4 Å². The second-order valence-electron chi connectivity index (χ2n) is 8.42. The van der Waals surface area contributed by atoms with Gasteiger partial charge in [-0.1, -0.05) is 6.92 Å². The standard InChI is InChI=1S/C19H39N3O5S/c1-7-21-15(16(23)28(6,25)26)10-8-9-13-22-17(24)18(2,3)14-27-19(4,5)11-12-20/h15,21H,7-14,20H2,1-6H3,(H,22,24). The van der Waals surface area contributed by atoms with Crippen LogP contribution in [-0.2, 0) is 24.2 Å². The molecule has 0 fully saturated rings. The molecule has 0 aromatic rings. The topological polar surface area (TPSA) is 128 Å². The first-order valence-corrected chi connectivity index (χ1v) is 11.8. The highest BCUT2D eigenvalue weighted by atomic mass is 32.2. The minimum absolute atomic E-state index is 0.105. The molecule has 0 aliphatic rings. The van der Waals surface area contributed by atoms with Crippen LogP contribution in [0.4, 0.5) is 0 Å². The van der Waals surface area contributed by atoms with Crippen molar-refractivity contribution in [1.82, 2.24) is 10.6 Å². The van der Waals surface area contributed by atoms with Gasteiger partial charge in [0, 0.05) is 12.8 Å². The van der Waals surface area contributed by atoms with Crippen molar-refractivity contribution in [2.24, 2.45) is 11.1 Å². The maximum atomic E-state index is 12.4. The average Bonchev–Trinajstić information content (AvgIpc) is 2.57. The Morgan fingerprint density at radius 1 is 1.14 bits per heavy atom. The van der Waals surface area contributed by atoms with Crippen LogP contribution in [0.2, 0.25) is 0 Å². The predicted molar refractivity (Wildman–Crippen MR) is 112 cm³/mol. The lowest BCUT2D eigenvalue weighted by atomic mass is 9.92. The van der Waals surface area contributed by atoms with Crippen LogP contribution in [0.1, 0.15) is 60.3 Å². The lowest BCUT2D eigenvalue weighted by molar-refractivity contribution is -0.137. The highest BCUT2D eigenvalue weighted by molar-refractivity contribution is 8.05. The molecule has 166 valence electrons. The number of likely N-dealkylation sites (N-methyl/N-ethyl adjacent to an activating group) is 1. The Balaban J connectivity index is 4.37. The molecule has 1 unspecified atom stereocenters. The van der Waals surface area contributed by atoms with E-state index in [0.717, 1.165) is 6.26 Å². The van der Waals surface area contributed by atoms with E-state index in [4.69, 9.17) is 10.5 Å². The van der Waals surface area contributed by atoms with Gasteiger partial charge < -0.3 is 21.1 Å². The minimum atomic E-state index is -3.72. The van der Waals surface area contributed by atoms with Crippen LogP contribution in [0.25, 0.3) is 0 Å². The van der Waals surface area contributed by atoms with Crippen LogP contribution >= 0.6 is 0 Å². The van der Waals surface area contributed by atoms with Crippen LogP contribution in [-0.4, -0.2) is 63.6 Å². The van der Waals surface area contributed by atoms with Crippen LogP contribution in [0, 0.1) is 5.41 Å². The van der Waals surface area contributed by atoms with Crippen molar-refractivity contribution in [2.75, 3.05) is 32.5 Å². The van der Waals surface area contributed by atoms with E-state index in [1.807, 2.05) is 34.6 Å². The van der Waals surface area contributed by atoms with Crippen molar-refractivity contribution in [2.45, 2.75) is 71.9 Å². The van der Waals surface area contributed by atoms with E-state index in [0.29, 0.717) is 45.3 Å². The number of ether oxygens (including phenoxy) is 1. The molecule has 0 spiro atoms. The highest BCUT2D eigenvalue weighted by Gasteiger charge is 2.31.